The Labute approximate surface area is 97.2 Å². The van der Waals surface area contributed by atoms with Crippen LogP contribution in [0.4, 0.5) is 0 Å². The molecule has 0 saturated carbocycles. The predicted octanol–water partition coefficient (Wildman–Crippen LogP) is 2.39. The molecule has 0 aliphatic carbocycles. The monoisotopic (exact) mass is 272 g/mol. The van der Waals surface area contributed by atoms with Crippen molar-refractivity contribution in [2.45, 2.75) is 6.54 Å². The topological polar surface area (TPSA) is 16.1 Å². The second-order valence-corrected chi connectivity index (χ2v) is 5.38. The summed E-state index contributed by atoms with van der Waals surface area (Å²) >= 11 is 5.43. The first-order valence-electron chi connectivity index (χ1n) is 4.76. The first-order chi connectivity index (χ1) is 6.84. The molecule has 1 aromatic rings. The van der Waals surface area contributed by atoms with Crippen LogP contribution in [0.1, 0.15) is 5.69 Å². The van der Waals surface area contributed by atoms with Gasteiger partial charge >= 0.3 is 0 Å². The van der Waals surface area contributed by atoms with Gasteiger partial charge in [-0.05, 0) is 28.1 Å². The van der Waals surface area contributed by atoms with Gasteiger partial charge in [0.15, 0.2) is 0 Å². The van der Waals surface area contributed by atoms with Crippen molar-refractivity contribution in [2.24, 2.45) is 0 Å². The molecule has 2 rings (SSSR count). The second kappa shape index (κ2) is 5.14. The molecule has 1 aliphatic heterocycles. The summed E-state index contributed by atoms with van der Waals surface area (Å²) in [5, 5.41) is 0. The highest BCUT2D eigenvalue weighted by Crippen LogP contribution is 2.13. The normalized spacial score (nSPS) is 18.4. The van der Waals surface area contributed by atoms with E-state index in [-0.39, 0.29) is 0 Å². The van der Waals surface area contributed by atoms with Gasteiger partial charge in [0.25, 0.3) is 0 Å². The molecule has 0 N–H and O–H groups in total. The van der Waals surface area contributed by atoms with Crippen LogP contribution >= 0.6 is 27.7 Å². The Balaban J connectivity index is 1.95. The number of nitrogens with zero attached hydrogens (tertiary/aromatic N) is 2. The van der Waals surface area contributed by atoms with E-state index < -0.39 is 0 Å². The molecule has 1 saturated heterocycles. The Morgan fingerprint density at radius 3 is 2.86 bits per heavy atom. The van der Waals surface area contributed by atoms with Crippen molar-refractivity contribution < 1.29 is 0 Å². The number of halogens is 1. The Bertz CT molecular complexity index is 300. The summed E-state index contributed by atoms with van der Waals surface area (Å²) in [6.07, 6.45) is 0. The summed E-state index contributed by atoms with van der Waals surface area (Å²) in [5.41, 5.74) is 1.16. The van der Waals surface area contributed by atoms with E-state index in [0.717, 1.165) is 16.8 Å². The van der Waals surface area contributed by atoms with Gasteiger partial charge in [-0.3, -0.25) is 4.90 Å². The fourth-order valence-electron chi connectivity index (χ4n) is 1.53. The Morgan fingerprint density at radius 2 is 2.14 bits per heavy atom. The smallest absolute Gasteiger partial charge is 0.106 e. The van der Waals surface area contributed by atoms with E-state index in [9.17, 15) is 0 Å². The molecule has 0 atom stereocenters. The van der Waals surface area contributed by atoms with Crippen LogP contribution < -0.4 is 0 Å². The van der Waals surface area contributed by atoms with Crippen LogP contribution in [0.3, 0.4) is 0 Å². The number of aromatic nitrogens is 1. The van der Waals surface area contributed by atoms with Crippen LogP contribution in [0, 0.1) is 0 Å². The molecule has 0 spiro atoms. The highest BCUT2D eigenvalue weighted by Gasteiger charge is 2.10. The van der Waals surface area contributed by atoms with Gasteiger partial charge in [0, 0.05) is 31.1 Å². The van der Waals surface area contributed by atoms with Crippen LogP contribution in [0.25, 0.3) is 0 Å². The van der Waals surface area contributed by atoms with E-state index in [0.29, 0.717) is 0 Å². The molecule has 0 radical (unpaired) electrons. The summed E-state index contributed by atoms with van der Waals surface area (Å²) < 4.78 is 0.932. The SMILES string of the molecule is Brc1cccc(CN2CCSCC2)n1. The first-order valence-corrected chi connectivity index (χ1v) is 6.71. The summed E-state index contributed by atoms with van der Waals surface area (Å²) in [5.74, 6) is 2.52. The van der Waals surface area contributed by atoms with Crippen molar-refractivity contribution in [2.75, 3.05) is 24.6 Å². The molecule has 2 heterocycles. The van der Waals surface area contributed by atoms with E-state index in [1.807, 2.05) is 23.9 Å². The number of rotatable bonds is 2. The lowest BCUT2D eigenvalue weighted by molar-refractivity contribution is 0.291. The summed E-state index contributed by atoms with van der Waals surface area (Å²) in [6.45, 7) is 3.37. The quantitative estimate of drug-likeness (QED) is 0.770. The molecule has 1 fully saturated rings. The third-order valence-electron chi connectivity index (χ3n) is 2.26. The summed E-state index contributed by atoms with van der Waals surface area (Å²) in [4.78, 5) is 6.90. The summed E-state index contributed by atoms with van der Waals surface area (Å²) in [6, 6.07) is 6.10. The van der Waals surface area contributed by atoms with Crippen molar-refractivity contribution in [3.63, 3.8) is 0 Å². The molecule has 0 aromatic carbocycles. The maximum absolute atomic E-state index is 4.44. The van der Waals surface area contributed by atoms with Crippen LogP contribution in [-0.2, 0) is 6.54 Å². The third-order valence-corrected chi connectivity index (χ3v) is 3.65. The summed E-state index contributed by atoms with van der Waals surface area (Å²) in [7, 11) is 0. The molecule has 0 bridgehead atoms. The predicted molar refractivity (Wildman–Crippen MR) is 64.5 cm³/mol. The number of hydrogen-bond acceptors (Lipinski definition) is 3. The van der Waals surface area contributed by atoms with Gasteiger partial charge < -0.3 is 0 Å². The molecule has 2 nitrogen and oxygen atoms in total. The fourth-order valence-corrected chi connectivity index (χ4v) is 2.89. The van der Waals surface area contributed by atoms with Gasteiger partial charge in [0.05, 0.1) is 5.69 Å². The number of hydrogen-bond donors (Lipinski definition) is 0. The number of thioether (sulfide) groups is 1. The standard InChI is InChI=1S/C10H13BrN2S/c11-10-3-1-2-9(12-10)8-13-4-6-14-7-5-13/h1-3H,4-8H2. The molecule has 76 valence electrons. The Hall–Kier alpha value is -0.0600. The van der Waals surface area contributed by atoms with Crippen LogP contribution in [-0.4, -0.2) is 34.5 Å². The molecule has 1 aromatic heterocycles. The van der Waals surface area contributed by atoms with E-state index in [4.69, 9.17) is 0 Å². The van der Waals surface area contributed by atoms with Gasteiger partial charge in [-0.2, -0.15) is 11.8 Å². The van der Waals surface area contributed by atoms with E-state index in [1.165, 1.54) is 24.6 Å². The molecular formula is C10H13BrN2S. The van der Waals surface area contributed by atoms with Gasteiger partial charge in [-0.25, -0.2) is 4.98 Å². The molecule has 1 aliphatic rings. The highest BCUT2D eigenvalue weighted by atomic mass is 79.9. The average Bonchev–Trinajstić information content (AvgIpc) is 2.19. The van der Waals surface area contributed by atoms with E-state index >= 15 is 0 Å². The Morgan fingerprint density at radius 1 is 1.36 bits per heavy atom. The van der Waals surface area contributed by atoms with Crippen molar-refractivity contribution in [3.8, 4) is 0 Å². The zero-order valence-corrected chi connectivity index (χ0v) is 10.4. The molecule has 0 amide bonds. The Kier molecular flexibility index (Phi) is 3.84. The van der Waals surface area contributed by atoms with Gasteiger partial charge in [0.1, 0.15) is 4.60 Å². The zero-order valence-electron chi connectivity index (χ0n) is 7.95. The van der Waals surface area contributed by atoms with Gasteiger partial charge in [0.2, 0.25) is 0 Å². The van der Waals surface area contributed by atoms with E-state index in [2.05, 4.69) is 31.9 Å². The molecule has 14 heavy (non-hydrogen) atoms. The van der Waals surface area contributed by atoms with Crippen LogP contribution in [0.15, 0.2) is 22.8 Å². The lowest BCUT2D eigenvalue weighted by Crippen LogP contribution is -2.32. The zero-order chi connectivity index (χ0) is 9.80. The third kappa shape index (κ3) is 2.97. The van der Waals surface area contributed by atoms with Crippen LogP contribution in [0.2, 0.25) is 0 Å². The molecule has 4 heteroatoms. The largest absolute Gasteiger partial charge is 0.296 e. The fraction of sp³-hybridized carbons (Fsp3) is 0.500. The molecular weight excluding hydrogens is 260 g/mol. The van der Waals surface area contributed by atoms with Crippen molar-refractivity contribution in [1.82, 2.24) is 9.88 Å². The van der Waals surface area contributed by atoms with Crippen molar-refractivity contribution in [1.29, 1.82) is 0 Å². The minimum absolute atomic E-state index is 0.932. The van der Waals surface area contributed by atoms with Crippen molar-refractivity contribution in [3.05, 3.63) is 28.5 Å². The maximum atomic E-state index is 4.44. The van der Waals surface area contributed by atoms with Gasteiger partial charge in [-0.15, -0.1) is 0 Å². The lowest BCUT2D eigenvalue weighted by atomic mass is 10.3. The van der Waals surface area contributed by atoms with Gasteiger partial charge in [-0.1, -0.05) is 6.07 Å². The lowest BCUT2D eigenvalue weighted by Gasteiger charge is -2.25. The van der Waals surface area contributed by atoms with E-state index in [1.54, 1.807) is 0 Å². The molecule has 0 unspecified atom stereocenters. The second-order valence-electron chi connectivity index (χ2n) is 3.34. The number of pyridine rings is 1. The highest BCUT2D eigenvalue weighted by molar-refractivity contribution is 9.10. The van der Waals surface area contributed by atoms with Crippen LogP contribution in [0.5, 0.6) is 0 Å². The maximum Gasteiger partial charge on any atom is 0.106 e. The first kappa shape index (κ1) is 10.5. The van der Waals surface area contributed by atoms with Crippen molar-refractivity contribution >= 4 is 27.7 Å². The minimum atomic E-state index is 0.932. The average molecular weight is 273 g/mol. The minimum Gasteiger partial charge on any atom is -0.296 e.